The zero-order valence-electron chi connectivity index (χ0n) is 13.6. The lowest BCUT2D eigenvalue weighted by Gasteiger charge is -2.20. The molecule has 1 amide bonds. The molecular formula is C17H29N3O2. The standard InChI is InChI=1S/C17H25N3O2.2H2/c1-10(2)20-8-11(3)15(9-20)19-17(22)14-7-6-13(12-4-5-12)16(21)18-14;;/h6-7,10-12,15H,4-5,8-9H2,1-3H3,(H,18,21)(H,19,22);2*1H/t11-,15-;;/m1../s1. The Morgan fingerprint density at radius 2 is 2.09 bits per heavy atom. The largest absolute Gasteiger partial charge is 0.346 e. The summed E-state index contributed by atoms with van der Waals surface area (Å²) < 4.78 is 0. The first-order valence-corrected chi connectivity index (χ1v) is 8.24. The Morgan fingerprint density at radius 3 is 2.64 bits per heavy atom. The summed E-state index contributed by atoms with van der Waals surface area (Å²) >= 11 is 0. The molecule has 0 radical (unpaired) electrons. The third-order valence-corrected chi connectivity index (χ3v) is 4.89. The second-order valence-electron chi connectivity index (χ2n) is 7.04. The summed E-state index contributed by atoms with van der Waals surface area (Å²) in [5.41, 5.74) is 1.07. The van der Waals surface area contributed by atoms with Gasteiger partial charge in [0.25, 0.3) is 11.5 Å². The van der Waals surface area contributed by atoms with Crippen molar-refractivity contribution >= 4 is 5.91 Å². The fourth-order valence-electron chi connectivity index (χ4n) is 3.19. The summed E-state index contributed by atoms with van der Waals surface area (Å²) in [6.07, 6.45) is 2.17. The number of carbonyl (C=O) groups is 1. The fourth-order valence-corrected chi connectivity index (χ4v) is 3.19. The van der Waals surface area contributed by atoms with E-state index in [-0.39, 0.29) is 20.4 Å². The quantitative estimate of drug-likeness (QED) is 0.896. The Labute approximate surface area is 134 Å². The highest BCUT2D eigenvalue weighted by Crippen LogP contribution is 2.38. The number of hydrogen-bond acceptors (Lipinski definition) is 3. The van der Waals surface area contributed by atoms with Crippen molar-refractivity contribution < 1.29 is 7.65 Å². The first kappa shape index (κ1) is 15.3. The lowest BCUT2D eigenvalue weighted by molar-refractivity contribution is 0.0925. The van der Waals surface area contributed by atoms with Gasteiger partial charge in [0.15, 0.2) is 0 Å². The van der Waals surface area contributed by atoms with Crippen molar-refractivity contribution in [3.05, 3.63) is 33.7 Å². The van der Waals surface area contributed by atoms with Gasteiger partial charge in [0, 0.05) is 33.6 Å². The molecule has 124 valence electrons. The minimum Gasteiger partial charge on any atom is -0.346 e. The number of carbonyl (C=O) groups excluding carboxylic acids is 1. The van der Waals surface area contributed by atoms with E-state index in [1.165, 1.54) is 0 Å². The van der Waals surface area contributed by atoms with E-state index >= 15 is 0 Å². The highest BCUT2D eigenvalue weighted by Gasteiger charge is 2.32. The van der Waals surface area contributed by atoms with Crippen LogP contribution in [0.25, 0.3) is 0 Å². The first-order chi connectivity index (χ1) is 10.5. The summed E-state index contributed by atoms with van der Waals surface area (Å²) in [6.45, 7) is 8.37. The number of pyridine rings is 1. The number of likely N-dealkylation sites (tertiary alicyclic amines) is 1. The number of aromatic amines is 1. The van der Waals surface area contributed by atoms with E-state index in [0.29, 0.717) is 23.6 Å². The molecule has 2 atom stereocenters. The maximum Gasteiger partial charge on any atom is 0.268 e. The Balaban J connectivity index is 0.00000144. The molecule has 0 unspecified atom stereocenters. The summed E-state index contributed by atoms with van der Waals surface area (Å²) in [5.74, 6) is 0.640. The molecule has 2 N–H and O–H groups in total. The van der Waals surface area contributed by atoms with Crippen molar-refractivity contribution in [2.24, 2.45) is 5.92 Å². The molecule has 0 bridgehead atoms. The number of H-pyrrole nitrogens is 1. The smallest absolute Gasteiger partial charge is 0.268 e. The molecule has 2 aliphatic rings. The first-order valence-electron chi connectivity index (χ1n) is 8.24. The molecule has 5 heteroatoms. The minimum atomic E-state index is -0.179. The van der Waals surface area contributed by atoms with E-state index in [2.05, 4.69) is 36.0 Å². The molecule has 1 aliphatic heterocycles. The predicted octanol–water partition coefficient (Wildman–Crippen LogP) is 2.20. The van der Waals surface area contributed by atoms with Gasteiger partial charge in [0.2, 0.25) is 0 Å². The normalized spacial score (nSPS) is 25.6. The van der Waals surface area contributed by atoms with Gasteiger partial charge in [0.05, 0.1) is 0 Å². The second kappa shape index (κ2) is 5.88. The molecule has 1 aromatic heterocycles. The lowest BCUT2D eigenvalue weighted by atomic mass is 10.1. The molecule has 1 aliphatic carbocycles. The fraction of sp³-hybridized carbons (Fsp3) is 0.647. The second-order valence-corrected chi connectivity index (χ2v) is 7.04. The van der Waals surface area contributed by atoms with Crippen LogP contribution < -0.4 is 10.9 Å². The molecule has 0 spiro atoms. The number of rotatable bonds is 4. The maximum atomic E-state index is 12.4. The van der Waals surface area contributed by atoms with Gasteiger partial charge in [0.1, 0.15) is 5.69 Å². The van der Waals surface area contributed by atoms with Gasteiger partial charge in [-0.1, -0.05) is 13.0 Å². The summed E-state index contributed by atoms with van der Waals surface area (Å²) in [5, 5.41) is 3.07. The summed E-state index contributed by atoms with van der Waals surface area (Å²) in [6, 6.07) is 4.18. The molecule has 1 saturated carbocycles. The minimum absolute atomic E-state index is 0. The van der Waals surface area contributed by atoms with Crippen LogP contribution in [0, 0.1) is 5.92 Å². The van der Waals surface area contributed by atoms with Gasteiger partial charge in [-0.3, -0.25) is 14.5 Å². The third-order valence-electron chi connectivity index (χ3n) is 4.89. The van der Waals surface area contributed by atoms with Crippen LogP contribution in [-0.4, -0.2) is 41.0 Å². The zero-order chi connectivity index (χ0) is 15.9. The van der Waals surface area contributed by atoms with Crippen molar-refractivity contribution in [2.45, 2.75) is 51.6 Å². The van der Waals surface area contributed by atoms with Crippen LogP contribution in [0.2, 0.25) is 0 Å². The average molecular weight is 307 g/mol. The van der Waals surface area contributed by atoms with E-state index in [1.807, 2.05) is 6.07 Å². The van der Waals surface area contributed by atoms with Gasteiger partial charge in [-0.15, -0.1) is 0 Å². The molecule has 3 rings (SSSR count). The molecule has 1 aromatic rings. The van der Waals surface area contributed by atoms with E-state index in [1.54, 1.807) is 6.07 Å². The number of nitrogens with zero attached hydrogens (tertiary/aromatic N) is 1. The highest BCUT2D eigenvalue weighted by molar-refractivity contribution is 5.92. The van der Waals surface area contributed by atoms with Crippen LogP contribution in [0.5, 0.6) is 0 Å². The predicted molar refractivity (Wildman–Crippen MR) is 90.4 cm³/mol. The average Bonchev–Trinajstić information content (AvgIpc) is 3.23. The summed E-state index contributed by atoms with van der Waals surface area (Å²) in [7, 11) is 0. The van der Waals surface area contributed by atoms with Crippen molar-refractivity contribution in [3.8, 4) is 0 Å². The van der Waals surface area contributed by atoms with Gasteiger partial charge >= 0.3 is 0 Å². The van der Waals surface area contributed by atoms with Crippen LogP contribution in [0.15, 0.2) is 16.9 Å². The molecule has 2 fully saturated rings. The Morgan fingerprint density at radius 1 is 1.36 bits per heavy atom. The van der Waals surface area contributed by atoms with Crippen molar-refractivity contribution in [1.82, 2.24) is 15.2 Å². The maximum absolute atomic E-state index is 12.4. The van der Waals surface area contributed by atoms with E-state index in [9.17, 15) is 9.59 Å². The van der Waals surface area contributed by atoms with Crippen molar-refractivity contribution in [1.29, 1.82) is 0 Å². The van der Waals surface area contributed by atoms with Crippen LogP contribution in [0.4, 0.5) is 0 Å². The van der Waals surface area contributed by atoms with Gasteiger partial charge in [-0.05, 0) is 44.6 Å². The van der Waals surface area contributed by atoms with Gasteiger partial charge in [-0.25, -0.2) is 0 Å². The Kier molecular flexibility index (Phi) is 4.08. The lowest BCUT2D eigenvalue weighted by Crippen LogP contribution is -2.41. The summed E-state index contributed by atoms with van der Waals surface area (Å²) in [4.78, 5) is 29.5. The monoisotopic (exact) mass is 307 g/mol. The Bertz CT molecular complexity index is 629. The molecule has 1 saturated heterocycles. The molecular weight excluding hydrogens is 278 g/mol. The van der Waals surface area contributed by atoms with Gasteiger partial charge < -0.3 is 10.3 Å². The SMILES string of the molecule is CC(C)N1C[C@@H](C)[C@H](NC(=O)c2ccc(C3CC3)c(=O)[nH]2)C1.[HH].[HH]. The number of nitrogens with one attached hydrogen (secondary N) is 2. The number of hydrogen-bond donors (Lipinski definition) is 2. The molecule has 5 nitrogen and oxygen atoms in total. The van der Waals surface area contributed by atoms with Crippen LogP contribution in [0.1, 0.15) is 58.4 Å². The van der Waals surface area contributed by atoms with E-state index in [0.717, 1.165) is 31.5 Å². The van der Waals surface area contributed by atoms with E-state index in [4.69, 9.17) is 0 Å². The van der Waals surface area contributed by atoms with Crippen LogP contribution in [0.3, 0.4) is 0 Å². The van der Waals surface area contributed by atoms with Crippen molar-refractivity contribution in [3.63, 3.8) is 0 Å². The number of amides is 1. The zero-order valence-corrected chi connectivity index (χ0v) is 13.6. The highest BCUT2D eigenvalue weighted by atomic mass is 16.2. The topological polar surface area (TPSA) is 65.2 Å². The number of aromatic nitrogens is 1. The molecule has 0 aromatic carbocycles. The molecule has 22 heavy (non-hydrogen) atoms. The van der Waals surface area contributed by atoms with Gasteiger partial charge in [-0.2, -0.15) is 0 Å². The Hall–Kier alpha value is -1.62. The van der Waals surface area contributed by atoms with E-state index < -0.39 is 0 Å². The third kappa shape index (κ3) is 3.09. The van der Waals surface area contributed by atoms with Crippen molar-refractivity contribution in [2.75, 3.05) is 13.1 Å². The van der Waals surface area contributed by atoms with Crippen LogP contribution >= 0.6 is 0 Å². The molecule has 2 heterocycles. The van der Waals surface area contributed by atoms with Crippen LogP contribution in [-0.2, 0) is 0 Å².